The molecule has 5 heteroatoms. The molecule has 0 saturated carbocycles. The van der Waals surface area contributed by atoms with E-state index in [-0.39, 0.29) is 12.4 Å². The minimum atomic E-state index is -0.323. The van der Waals surface area contributed by atoms with Crippen molar-refractivity contribution in [3.63, 3.8) is 0 Å². The van der Waals surface area contributed by atoms with E-state index < -0.39 is 0 Å². The maximum Gasteiger partial charge on any atom is 0.197 e. The van der Waals surface area contributed by atoms with Crippen LogP contribution < -0.4 is 10.5 Å². The van der Waals surface area contributed by atoms with Crippen LogP contribution in [0.25, 0.3) is 0 Å². The van der Waals surface area contributed by atoms with E-state index >= 15 is 0 Å². The molecule has 0 aliphatic heterocycles. The second kappa shape index (κ2) is 4.00. The molecule has 0 saturated heterocycles. The summed E-state index contributed by atoms with van der Waals surface area (Å²) in [6.07, 6.45) is 1.58. The summed E-state index contributed by atoms with van der Waals surface area (Å²) >= 11 is 0. The first-order valence-corrected chi connectivity index (χ1v) is 4.42. The summed E-state index contributed by atoms with van der Waals surface area (Å²) in [5.41, 5.74) is 6.14. The summed E-state index contributed by atoms with van der Waals surface area (Å²) in [6, 6.07) is 5.95. The third-order valence-corrected chi connectivity index (χ3v) is 1.84. The van der Waals surface area contributed by atoms with Gasteiger partial charge in [-0.1, -0.05) is 6.07 Å². The molecule has 0 atom stereocenters. The highest BCUT2D eigenvalue weighted by Crippen LogP contribution is 2.13. The Labute approximate surface area is 85.9 Å². The number of aromatic nitrogens is 2. The van der Waals surface area contributed by atoms with E-state index in [9.17, 15) is 4.39 Å². The van der Waals surface area contributed by atoms with E-state index in [4.69, 9.17) is 10.5 Å². The van der Waals surface area contributed by atoms with Crippen LogP contribution in [0.15, 0.2) is 30.5 Å². The molecule has 2 aromatic rings. The quantitative estimate of drug-likeness (QED) is 0.805. The van der Waals surface area contributed by atoms with Gasteiger partial charge in [-0.3, -0.25) is 0 Å². The number of aromatic amines is 1. The molecule has 0 radical (unpaired) electrons. The van der Waals surface area contributed by atoms with Gasteiger partial charge in [0.15, 0.2) is 5.95 Å². The molecule has 4 nitrogen and oxygen atoms in total. The smallest absolute Gasteiger partial charge is 0.197 e. The Kier molecular flexibility index (Phi) is 2.53. The Morgan fingerprint density at radius 3 is 3.00 bits per heavy atom. The molecule has 15 heavy (non-hydrogen) atoms. The predicted molar refractivity (Wildman–Crippen MR) is 53.7 cm³/mol. The molecule has 0 unspecified atom stereocenters. The lowest BCUT2D eigenvalue weighted by molar-refractivity contribution is 0.300. The number of nitrogens with two attached hydrogens (primary N) is 1. The average Bonchev–Trinajstić information content (AvgIpc) is 2.62. The second-order valence-corrected chi connectivity index (χ2v) is 3.04. The zero-order valence-corrected chi connectivity index (χ0v) is 7.90. The minimum Gasteiger partial charge on any atom is -0.487 e. The van der Waals surface area contributed by atoms with Gasteiger partial charge in [0.1, 0.15) is 18.2 Å². The number of nitrogens with zero attached hydrogens (tertiary/aromatic N) is 1. The zero-order valence-electron chi connectivity index (χ0n) is 7.90. The van der Waals surface area contributed by atoms with E-state index in [1.807, 2.05) is 0 Å². The fourth-order valence-corrected chi connectivity index (χ4v) is 1.17. The number of halogens is 1. The minimum absolute atomic E-state index is 0.285. The Hall–Kier alpha value is -2.04. The monoisotopic (exact) mass is 207 g/mol. The topological polar surface area (TPSA) is 63.9 Å². The number of benzene rings is 1. The van der Waals surface area contributed by atoms with Gasteiger partial charge in [0.2, 0.25) is 0 Å². The summed E-state index contributed by atoms with van der Waals surface area (Å²) in [5.74, 6) is 0.493. The van der Waals surface area contributed by atoms with Gasteiger partial charge in [0.05, 0.1) is 11.9 Å². The predicted octanol–water partition coefficient (Wildman–Crippen LogP) is 1.71. The third kappa shape index (κ3) is 2.46. The lowest BCUT2D eigenvalue weighted by Gasteiger charge is -2.03. The van der Waals surface area contributed by atoms with Gasteiger partial charge in [-0.2, -0.15) is 0 Å². The largest absolute Gasteiger partial charge is 0.487 e. The van der Waals surface area contributed by atoms with Crippen molar-refractivity contribution in [2.24, 2.45) is 0 Å². The molecular weight excluding hydrogens is 197 g/mol. The summed E-state index contributed by atoms with van der Waals surface area (Å²) < 4.78 is 18.1. The van der Waals surface area contributed by atoms with Crippen molar-refractivity contribution >= 4 is 5.95 Å². The van der Waals surface area contributed by atoms with Gasteiger partial charge in [0.25, 0.3) is 0 Å². The highest BCUT2D eigenvalue weighted by molar-refractivity contribution is 5.23. The molecule has 3 N–H and O–H groups in total. The number of anilines is 1. The fraction of sp³-hybridized carbons (Fsp3) is 0.100. The maximum absolute atomic E-state index is 12.8. The van der Waals surface area contributed by atoms with Gasteiger partial charge in [-0.25, -0.2) is 9.37 Å². The highest BCUT2D eigenvalue weighted by atomic mass is 19.1. The summed E-state index contributed by atoms with van der Waals surface area (Å²) in [7, 11) is 0. The molecule has 0 amide bonds. The molecule has 0 bridgehead atoms. The van der Waals surface area contributed by atoms with Crippen LogP contribution in [0.2, 0.25) is 0 Å². The van der Waals surface area contributed by atoms with Crippen LogP contribution in [-0.4, -0.2) is 9.97 Å². The van der Waals surface area contributed by atoms with Crippen molar-refractivity contribution in [1.82, 2.24) is 9.97 Å². The highest BCUT2D eigenvalue weighted by Gasteiger charge is 1.99. The Balaban J connectivity index is 1.99. The third-order valence-electron chi connectivity index (χ3n) is 1.84. The molecule has 2 rings (SSSR count). The molecule has 1 heterocycles. The molecule has 1 aromatic heterocycles. The number of hydrogen-bond acceptors (Lipinski definition) is 3. The number of H-pyrrole nitrogens is 1. The number of imidazole rings is 1. The van der Waals surface area contributed by atoms with Crippen molar-refractivity contribution in [2.45, 2.75) is 6.61 Å². The van der Waals surface area contributed by atoms with Gasteiger partial charge < -0.3 is 15.5 Å². The van der Waals surface area contributed by atoms with Crippen LogP contribution in [0.4, 0.5) is 10.3 Å². The van der Waals surface area contributed by atoms with E-state index in [0.29, 0.717) is 11.7 Å². The maximum atomic E-state index is 12.8. The molecule has 0 aliphatic rings. The molecule has 1 aromatic carbocycles. The van der Waals surface area contributed by atoms with Gasteiger partial charge >= 0.3 is 0 Å². The van der Waals surface area contributed by atoms with Crippen LogP contribution in [-0.2, 0) is 6.61 Å². The van der Waals surface area contributed by atoms with Gasteiger partial charge in [-0.15, -0.1) is 0 Å². The van der Waals surface area contributed by atoms with E-state index in [1.54, 1.807) is 18.3 Å². The standard InChI is InChI=1S/C10H10FN3O/c11-7-2-1-3-9(4-7)15-6-8-5-13-10(12)14-8/h1-5H,6H2,(H3,12,13,14). The van der Waals surface area contributed by atoms with Crippen LogP contribution in [0, 0.1) is 5.82 Å². The van der Waals surface area contributed by atoms with Gasteiger partial charge in [0, 0.05) is 6.07 Å². The lowest BCUT2D eigenvalue weighted by atomic mass is 10.3. The van der Waals surface area contributed by atoms with Crippen LogP contribution in [0.5, 0.6) is 5.75 Å². The van der Waals surface area contributed by atoms with Crippen molar-refractivity contribution in [2.75, 3.05) is 5.73 Å². The molecule has 0 aliphatic carbocycles. The second-order valence-electron chi connectivity index (χ2n) is 3.04. The normalized spacial score (nSPS) is 10.2. The summed E-state index contributed by atoms with van der Waals surface area (Å²) in [4.78, 5) is 6.62. The average molecular weight is 207 g/mol. The number of rotatable bonds is 3. The Morgan fingerprint density at radius 1 is 1.47 bits per heavy atom. The SMILES string of the molecule is Nc1ncc(COc2cccc(F)c2)[nH]1. The van der Waals surface area contributed by atoms with Crippen molar-refractivity contribution in [1.29, 1.82) is 0 Å². The van der Waals surface area contributed by atoms with Crippen molar-refractivity contribution in [3.05, 3.63) is 42.0 Å². The molecule has 0 fully saturated rings. The van der Waals surface area contributed by atoms with Crippen LogP contribution >= 0.6 is 0 Å². The fourth-order valence-electron chi connectivity index (χ4n) is 1.17. The lowest BCUT2D eigenvalue weighted by Crippen LogP contribution is -1.96. The first-order valence-electron chi connectivity index (χ1n) is 4.42. The summed E-state index contributed by atoms with van der Waals surface area (Å²) in [6.45, 7) is 0.285. The van der Waals surface area contributed by atoms with E-state index in [2.05, 4.69) is 9.97 Å². The molecular formula is C10H10FN3O. The summed E-state index contributed by atoms with van der Waals surface area (Å²) in [5, 5.41) is 0. The van der Waals surface area contributed by atoms with Crippen LogP contribution in [0.1, 0.15) is 5.69 Å². The number of ether oxygens (including phenoxy) is 1. The van der Waals surface area contributed by atoms with E-state index in [0.717, 1.165) is 5.69 Å². The first kappa shape index (κ1) is 9.51. The number of nitrogen functional groups attached to an aromatic ring is 1. The number of hydrogen-bond donors (Lipinski definition) is 2. The van der Waals surface area contributed by atoms with Crippen molar-refractivity contribution in [3.8, 4) is 5.75 Å². The van der Waals surface area contributed by atoms with E-state index in [1.165, 1.54) is 12.1 Å². The van der Waals surface area contributed by atoms with Crippen LogP contribution in [0.3, 0.4) is 0 Å². The Bertz CT molecular complexity index is 455. The van der Waals surface area contributed by atoms with Crippen molar-refractivity contribution < 1.29 is 9.13 Å². The molecule has 0 spiro atoms. The Morgan fingerprint density at radius 2 is 2.33 bits per heavy atom. The number of nitrogens with one attached hydrogen (secondary N) is 1. The zero-order chi connectivity index (χ0) is 10.7. The van der Waals surface area contributed by atoms with Gasteiger partial charge in [-0.05, 0) is 12.1 Å². The molecule has 78 valence electrons. The first-order chi connectivity index (χ1) is 7.24.